The van der Waals surface area contributed by atoms with E-state index < -0.39 is 12.1 Å². The highest BCUT2D eigenvalue weighted by atomic mass is 16.2. The summed E-state index contributed by atoms with van der Waals surface area (Å²) < 4.78 is 0. The Balaban J connectivity index is 1.49. The number of carbonyl (C=O) groups excluding carboxylic acids is 1. The van der Waals surface area contributed by atoms with Gasteiger partial charge in [-0.05, 0) is 75.4 Å². The number of rotatable bonds is 6. The lowest BCUT2D eigenvalue weighted by Gasteiger charge is -2.41. The van der Waals surface area contributed by atoms with Crippen LogP contribution >= 0.6 is 0 Å². The average molecular weight is 458 g/mol. The average Bonchev–Trinajstić information content (AvgIpc) is 3.47. The zero-order valence-electron chi connectivity index (χ0n) is 20.3. The third-order valence-electron chi connectivity index (χ3n) is 8.58. The first-order chi connectivity index (χ1) is 15.9. The molecule has 1 saturated carbocycles. The van der Waals surface area contributed by atoms with Gasteiger partial charge in [-0.2, -0.15) is 5.26 Å². The quantitative estimate of drug-likeness (QED) is 0.445. The molecule has 0 aromatic rings. The van der Waals surface area contributed by atoms with Crippen LogP contribution in [-0.2, 0) is 4.79 Å². The number of nitrogens with two attached hydrogens (primary N) is 2. The maximum atomic E-state index is 13.6. The minimum atomic E-state index is -0.786. The smallest absolute Gasteiger partial charge is 0.232 e. The summed E-state index contributed by atoms with van der Waals surface area (Å²) in [7, 11) is 0. The lowest BCUT2D eigenvalue weighted by atomic mass is 9.84. The van der Waals surface area contributed by atoms with E-state index in [1.807, 2.05) is 0 Å². The van der Waals surface area contributed by atoms with Gasteiger partial charge in [-0.15, -0.1) is 0 Å². The molecule has 0 aromatic carbocycles. The monoisotopic (exact) mass is 457 g/mol. The Hall–Kier alpha value is -1.53. The summed E-state index contributed by atoms with van der Waals surface area (Å²) in [6, 6.07) is 2.72. The molecule has 0 aromatic heterocycles. The van der Waals surface area contributed by atoms with Gasteiger partial charge in [-0.3, -0.25) is 14.7 Å². The van der Waals surface area contributed by atoms with Gasteiger partial charge in [0.1, 0.15) is 5.92 Å². The van der Waals surface area contributed by atoms with Gasteiger partial charge in [0.05, 0.1) is 18.3 Å². The van der Waals surface area contributed by atoms with Gasteiger partial charge >= 0.3 is 0 Å². The molecule has 2 saturated heterocycles. The number of amides is 1. The molecule has 0 spiro atoms. The zero-order valence-corrected chi connectivity index (χ0v) is 20.3. The van der Waals surface area contributed by atoms with Crippen molar-refractivity contribution < 1.29 is 4.79 Å². The maximum Gasteiger partial charge on any atom is 0.232 e. The number of carbonyl (C=O) groups is 1. The molecule has 6 unspecified atom stereocenters. The Morgan fingerprint density at radius 3 is 2.79 bits per heavy atom. The predicted octanol–water partition coefficient (Wildman–Crippen LogP) is 1.36. The van der Waals surface area contributed by atoms with Crippen molar-refractivity contribution in [2.45, 2.75) is 83.0 Å². The molecule has 6 N–H and O–H groups in total. The van der Waals surface area contributed by atoms with Crippen LogP contribution in [-0.4, -0.2) is 67.5 Å². The highest BCUT2D eigenvalue weighted by molar-refractivity contribution is 6.05. The van der Waals surface area contributed by atoms with E-state index in [4.69, 9.17) is 16.5 Å². The zero-order chi connectivity index (χ0) is 23.4. The topological polar surface area (TPSA) is 133 Å². The first-order valence-electron chi connectivity index (χ1n) is 13.1. The number of nitrogens with one attached hydrogen (secondary N) is 2. The second kappa shape index (κ2) is 10.8. The van der Waals surface area contributed by atoms with E-state index in [9.17, 15) is 10.1 Å². The number of hydrogen-bond donors (Lipinski definition) is 4. The van der Waals surface area contributed by atoms with Crippen molar-refractivity contribution in [2.24, 2.45) is 39.6 Å². The molecule has 1 amide bonds. The van der Waals surface area contributed by atoms with Gasteiger partial charge < -0.3 is 22.1 Å². The second-order valence-corrected chi connectivity index (χ2v) is 11.2. The molecule has 4 rings (SSSR count). The minimum Gasteiger partial charge on any atom is -0.350 e. The summed E-state index contributed by atoms with van der Waals surface area (Å²) in [6.07, 6.45) is 8.81. The van der Waals surface area contributed by atoms with Gasteiger partial charge in [0.2, 0.25) is 5.91 Å². The number of likely N-dealkylation sites (tertiary alicyclic amines) is 1. The molecule has 0 radical (unpaired) electrons. The first kappa shape index (κ1) is 24.6. The first-order valence-corrected chi connectivity index (χ1v) is 13.1. The molecule has 1 aliphatic carbocycles. The number of nitrogens with zero attached hydrogens (tertiary/aromatic N) is 3. The molecule has 0 bridgehead atoms. The van der Waals surface area contributed by atoms with Crippen molar-refractivity contribution in [3.63, 3.8) is 0 Å². The SMILES string of the molecule is CC12C/C(C(C(=O)NC3CNCCC3N3CCCCCC3)C(N)N)=N\CC(CC#N)CC1C2. The van der Waals surface area contributed by atoms with Crippen molar-refractivity contribution in [3.8, 4) is 6.07 Å². The van der Waals surface area contributed by atoms with Gasteiger partial charge in [0, 0.05) is 31.3 Å². The Labute approximate surface area is 198 Å². The highest BCUT2D eigenvalue weighted by Crippen LogP contribution is 2.59. The molecule has 6 atom stereocenters. The van der Waals surface area contributed by atoms with Crippen molar-refractivity contribution in [2.75, 3.05) is 32.7 Å². The van der Waals surface area contributed by atoms with Gasteiger partial charge in [-0.25, -0.2) is 0 Å². The van der Waals surface area contributed by atoms with Crippen LogP contribution in [0.15, 0.2) is 4.99 Å². The van der Waals surface area contributed by atoms with Crippen LogP contribution in [0.3, 0.4) is 0 Å². The summed E-state index contributed by atoms with van der Waals surface area (Å²) in [5.74, 6) is 0.157. The largest absolute Gasteiger partial charge is 0.350 e. The molecule has 33 heavy (non-hydrogen) atoms. The van der Waals surface area contributed by atoms with E-state index in [1.54, 1.807) is 0 Å². The van der Waals surface area contributed by atoms with Gasteiger partial charge in [0.25, 0.3) is 0 Å². The van der Waals surface area contributed by atoms with Crippen LogP contribution in [0.4, 0.5) is 0 Å². The Morgan fingerprint density at radius 2 is 2.09 bits per heavy atom. The summed E-state index contributed by atoms with van der Waals surface area (Å²) in [4.78, 5) is 21.1. The minimum absolute atomic E-state index is 0.0513. The molecule has 4 aliphatic rings. The number of nitriles is 1. The molecular formula is C25H43N7O. The molecular weight excluding hydrogens is 414 g/mol. The van der Waals surface area contributed by atoms with Crippen molar-refractivity contribution in [3.05, 3.63) is 0 Å². The molecule has 184 valence electrons. The third kappa shape index (κ3) is 5.94. The maximum absolute atomic E-state index is 13.6. The molecule has 8 nitrogen and oxygen atoms in total. The van der Waals surface area contributed by atoms with Crippen LogP contribution in [0.2, 0.25) is 0 Å². The second-order valence-electron chi connectivity index (χ2n) is 11.2. The highest BCUT2D eigenvalue weighted by Gasteiger charge is 2.52. The molecule has 8 heteroatoms. The van der Waals surface area contributed by atoms with Crippen molar-refractivity contribution in [1.29, 1.82) is 5.26 Å². The fraction of sp³-hybridized carbons (Fsp3) is 0.880. The van der Waals surface area contributed by atoms with E-state index >= 15 is 0 Å². The molecule has 3 heterocycles. The molecule has 3 fully saturated rings. The third-order valence-corrected chi connectivity index (χ3v) is 8.58. The van der Waals surface area contributed by atoms with Gasteiger partial charge in [-0.1, -0.05) is 19.8 Å². The lowest BCUT2D eigenvalue weighted by Crippen LogP contribution is -2.62. The van der Waals surface area contributed by atoms with E-state index in [0.29, 0.717) is 24.9 Å². The van der Waals surface area contributed by atoms with E-state index in [-0.39, 0.29) is 23.3 Å². The predicted molar refractivity (Wildman–Crippen MR) is 130 cm³/mol. The van der Waals surface area contributed by atoms with Crippen LogP contribution in [0, 0.1) is 34.5 Å². The lowest BCUT2D eigenvalue weighted by molar-refractivity contribution is -0.125. The van der Waals surface area contributed by atoms with E-state index in [2.05, 4.69) is 28.5 Å². The fourth-order valence-corrected chi connectivity index (χ4v) is 6.44. The van der Waals surface area contributed by atoms with E-state index in [1.165, 1.54) is 25.7 Å². The molecule has 3 aliphatic heterocycles. The number of hydrogen-bond acceptors (Lipinski definition) is 7. The number of fused-ring (bicyclic) bond motifs is 1. The summed E-state index contributed by atoms with van der Waals surface area (Å²) in [6.45, 7) is 6.86. The van der Waals surface area contributed by atoms with Crippen LogP contribution in [0.1, 0.15) is 64.7 Å². The van der Waals surface area contributed by atoms with Crippen LogP contribution < -0.4 is 22.1 Å². The van der Waals surface area contributed by atoms with Crippen LogP contribution in [0.5, 0.6) is 0 Å². The summed E-state index contributed by atoms with van der Waals surface area (Å²) in [5.41, 5.74) is 13.4. The Kier molecular flexibility index (Phi) is 8.06. The standard InChI is InChI=1S/C25H43N7O/c1-25-13-18(25)12-17(6-8-26)15-30-19(14-25)22(23(27)28)24(33)31-20-16-29-9-7-21(20)32-10-4-2-3-5-11-32/h17-18,20-23,29H,2-7,9-16,27-28H2,1H3,(H,31,33)/b30-19+. The Morgan fingerprint density at radius 1 is 1.33 bits per heavy atom. The van der Waals surface area contributed by atoms with Crippen molar-refractivity contribution >= 4 is 11.6 Å². The number of piperidine rings is 1. The van der Waals surface area contributed by atoms with Gasteiger partial charge in [0.15, 0.2) is 0 Å². The summed E-state index contributed by atoms with van der Waals surface area (Å²) >= 11 is 0. The van der Waals surface area contributed by atoms with Crippen molar-refractivity contribution in [1.82, 2.24) is 15.5 Å². The Bertz CT molecular complexity index is 754. The number of aliphatic imine (C=N–C) groups is 1. The normalized spacial score (nSPS) is 38.0. The van der Waals surface area contributed by atoms with E-state index in [0.717, 1.165) is 57.6 Å². The summed E-state index contributed by atoms with van der Waals surface area (Å²) in [5, 5.41) is 16.0. The van der Waals surface area contributed by atoms with Crippen LogP contribution in [0.25, 0.3) is 0 Å². The fourth-order valence-electron chi connectivity index (χ4n) is 6.44.